The number of nitro groups is 1. The van der Waals surface area contributed by atoms with E-state index in [4.69, 9.17) is 0 Å². The number of nitrogens with one attached hydrogen (secondary N) is 1. The first kappa shape index (κ1) is 13.8. The second-order valence-electron chi connectivity index (χ2n) is 6.03. The molecular weight excluding hydrogens is 290 g/mol. The fourth-order valence-electron chi connectivity index (χ4n) is 3.43. The number of fused-ring (bicyclic) bond motifs is 3. The second kappa shape index (κ2) is 5.12. The van der Waals surface area contributed by atoms with Crippen LogP contribution in [0, 0.1) is 17.0 Å². The van der Waals surface area contributed by atoms with Gasteiger partial charge in [0.25, 0.3) is 5.69 Å². The van der Waals surface area contributed by atoms with Crippen molar-refractivity contribution < 1.29 is 4.92 Å². The van der Waals surface area contributed by atoms with Gasteiger partial charge in [-0.2, -0.15) is 0 Å². The summed E-state index contributed by atoms with van der Waals surface area (Å²) in [4.78, 5) is 16.4. The van der Waals surface area contributed by atoms with Gasteiger partial charge in [-0.3, -0.25) is 10.1 Å². The molecule has 0 spiro atoms. The van der Waals surface area contributed by atoms with Gasteiger partial charge in [0, 0.05) is 59.0 Å². The lowest BCUT2D eigenvalue weighted by molar-refractivity contribution is -0.385. The van der Waals surface area contributed by atoms with Gasteiger partial charge >= 0.3 is 0 Å². The maximum absolute atomic E-state index is 11.0. The molecule has 0 saturated heterocycles. The molecule has 0 unspecified atom stereocenters. The molecular formula is C18H17N3O2. The van der Waals surface area contributed by atoms with E-state index >= 15 is 0 Å². The number of para-hydroxylation sites is 1. The zero-order valence-electron chi connectivity index (χ0n) is 12.9. The molecule has 0 fully saturated rings. The molecule has 0 radical (unpaired) electrons. The summed E-state index contributed by atoms with van der Waals surface area (Å²) >= 11 is 0. The van der Waals surface area contributed by atoms with Gasteiger partial charge in [0.1, 0.15) is 0 Å². The number of aromatic amines is 1. The Morgan fingerprint density at radius 1 is 1.22 bits per heavy atom. The lowest BCUT2D eigenvalue weighted by Crippen LogP contribution is -2.30. The quantitative estimate of drug-likeness (QED) is 0.576. The van der Waals surface area contributed by atoms with E-state index in [1.54, 1.807) is 13.0 Å². The predicted molar refractivity (Wildman–Crippen MR) is 90.9 cm³/mol. The van der Waals surface area contributed by atoms with Gasteiger partial charge in [-0.25, -0.2) is 0 Å². The first-order valence-electron chi connectivity index (χ1n) is 7.72. The van der Waals surface area contributed by atoms with Gasteiger partial charge < -0.3 is 9.88 Å². The van der Waals surface area contributed by atoms with Crippen molar-refractivity contribution in [3.8, 4) is 0 Å². The molecule has 2 aromatic carbocycles. The molecule has 23 heavy (non-hydrogen) atoms. The average Bonchev–Trinajstić information content (AvgIpc) is 2.92. The molecule has 5 nitrogen and oxygen atoms in total. The first-order chi connectivity index (χ1) is 11.1. The normalized spacial score (nSPS) is 14.0. The van der Waals surface area contributed by atoms with Crippen LogP contribution in [0.1, 0.15) is 16.8 Å². The first-order valence-corrected chi connectivity index (χ1v) is 7.72. The Morgan fingerprint density at radius 3 is 2.83 bits per heavy atom. The zero-order valence-corrected chi connectivity index (χ0v) is 12.9. The minimum Gasteiger partial charge on any atom is -0.367 e. The van der Waals surface area contributed by atoms with Gasteiger partial charge in [0.2, 0.25) is 0 Å². The van der Waals surface area contributed by atoms with Crippen LogP contribution >= 0.6 is 0 Å². The Labute approximate surface area is 133 Å². The number of aromatic nitrogens is 1. The number of H-pyrrole nitrogens is 1. The highest BCUT2D eigenvalue weighted by Crippen LogP contribution is 2.31. The SMILES string of the molecule is Cc1cc(N2CCc3[nH]c4ccccc4c3C2)ccc1[N+](=O)[O-]. The Morgan fingerprint density at radius 2 is 2.04 bits per heavy atom. The van der Waals surface area contributed by atoms with E-state index in [0.717, 1.165) is 25.2 Å². The molecule has 2 heterocycles. The van der Waals surface area contributed by atoms with Crippen LogP contribution in [0.5, 0.6) is 0 Å². The van der Waals surface area contributed by atoms with Crippen LogP contribution in [0.2, 0.25) is 0 Å². The van der Waals surface area contributed by atoms with Gasteiger partial charge in [0.05, 0.1) is 4.92 Å². The monoisotopic (exact) mass is 307 g/mol. The number of hydrogen-bond donors (Lipinski definition) is 1. The summed E-state index contributed by atoms with van der Waals surface area (Å²) in [6.45, 7) is 3.54. The second-order valence-corrected chi connectivity index (χ2v) is 6.03. The molecule has 0 saturated carbocycles. The number of nitro benzene ring substituents is 1. The molecule has 1 aliphatic rings. The van der Waals surface area contributed by atoms with Gasteiger partial charge in [-0.1, -0.05) is 18.2 Å². The minimum atomic E-state index is -0.326. The molecule has 116 valence electrons. The Kier molecular flexibility index (Phi) is 3.08. The molecule has 4 rings (SSSR count). The smallest absolute Gasteiger partial charge is 0.272 e. The summed E-state index contributed by atoms with van der Waals surface area (Å²) in [6, 6.07) is 13.7. The largest absolute Gasteiger partial charge is 0.367 e. The third kappa shape index (κ3) is 2.25. The van der Waals surface area contributed by atoms with Crippen molar-refractivity contribution >= 4 is 22.3 Å². The van der Waals surface area contributed by atoms with Crippen LogP contribution in [-0.2, 0) is 13.0 Å². The van der Waals surface area contributed by atoms with Crippen molar-refractivity contribution in [2.75, 3.05) is 11.4 Å². The predicted octanol–water partition coefficient (Wildman–Crippen LogP) is 3.95. The van der Waals surface area contributed by atoms with Crippen molar-refractivity contribution in [2.45, 2.75) is 19.9 Å². The number of anilines is 1. The number of aryl methyl sites for hydroxylation is 1. The Hall–Kier alpha value is -2.82. The highest BCUT2D eigenvalue weighted by atomic mass is 16.6. The van der Waals surface area contributed by atoms with Crippen LogP contribution in [0.3, 0.4) is 0 Å². The number of nitrogens with zero attached hydrogens (tertiary/aromatic N) is 2. The van der Waals surface area contributed by atoms with Crippen molar-refractivity contribution in [1.29, 1.82) is 0 Å². The molecule has 3 aromatic rings. The van der Waals surface area contributed by atoms with Gasteiger partial charge in [0.15, 0.2) is 0 Å². The molecule has 0 aliphatic carbocycles. The number of hydrogen-bond acceptors (Lipinski definition) is 3. The highest BCUT2D eigenvalue weighted by molar-refractivity contribution is 5.85. The molecule has 0 bridgehead atoms. The molecule has 1 aliphatic heterocycles. The van der Waals surface area contributed by atoms with Crippen molar-refractivity contribution in [1.82, 2.24) is 4.98 Å². The average molecular weight is 307 g/mol. The number of benzene rings is 2. The molecule has 1 N–H and O–H groups in total. The van der Waals surface area contributed by atoms with Crippen molar-refractivity contribution in [3.63, 3.8) is 0 Å². The maximum atomic E-state index is 11.0. The van der Waals surface area contributed by atoms with Gasteiger partial charge in [-0.15, -0.1) is 0 Å². The molecule has 0 amide bonds. The summed E-state index contributed by atoms with van der Waals surface area (Å²) < 4.78 is 0. The van der Waals surface area contributed by atoms with E-state index in [9.17, 15) is 10.1 Å². The Bertz CT molecular complexity index is 914. The lowest BCUT2D eigenvalue weighted by atomic mass is 10.0. The number of rotatable bonds is 2. The van der Waals surface area contributed by atoms with Crippen LogP contribution in [0.25, 0.3) is 10.9 Å². The third-order valence-electron chi connectivity index (χ3n) is 4.62. The zero-order chi connectivity index (χ0) is 16.0. The fraction of sp³-hybridized carbons (Fsp3) is 0.222. The Balaban J connectivity index is 1.70. The molecule has 1 aromatic heterocycles. The van der Waals surface area contributed by atoms with E-state index in [1.807, 2.05) is 18.2 Å². The lowest BCUT2D eigenvalue weighted by Gasteiger charge is -2.29. The standard InChI is InChI=1S/C18H17N3O2/c1-12-10-13(6-7-18(12)21(22)23)20-9-8-17-15(11-20)14-4-2-3-5-16(14)19-17/h2-7,10,19H,8-9,11H2,1H3. The van der Waals surface area contributed by atoms with Crippen molar-refractivity contribution in [2.24, 2.45) is 0 Å². The van der Waals surface area contributed by atoms with Crippen LogP contribution in [0.4, 0.5) is 11.4 Å². The summed E-state index contributed by atoms with van der Waals surface area (Å²) in [5, 5.41) is 12.2. The van der Waals surface area contributed by atoms with E-state index in [2.05, 4.69) is 28.1 Å². The molecule has 0 atom stereocenters. The van der Waals surface area contributed by atoms with Gasteiger partial charge in [-0.05, 0) is 25.1 Å². The van der Waals surface area contributed by atoms with Crippen LogP contribution < -0.4 is 4.90 Å². The van der Waals surface area contributed by atoms with Crippen LogP contribution in [0.15, 0.2) is 42.5 Å². The minimum absolute atomic E-state index is 0.179. The van der Waals surface area contributed by atoms with E-state index in [0.29, 0.717) is 5.56 Å². The summed E-state index contributed by atoms with van der Waals surface area (Å²) in [7, 11) is 0. The topological polar surface area (TPSA) is 62.2 Å². The third-order valence-corrected chi connectivity index (χ3v) is 4.62. The summed E-state index contributed by atoms with van der Waals surface area (Å²) in [5.41, 5.74) is 5.75. The summed E-state index contributed by atoms with van der Waals surface area (Å²) in [5.74, 6) is 0. The highest BCUT2D eigenvalue weighted by Gasteiger charge is 2.22. The van der Waals surface area contributed by atoms with E-state index in [1.165, 1.54) is 22.2 Å². The van der Waals surface area contributed by atoms with Crippen LogP contribution in [-0.4, -0.2) is 16.5 Å². The molecule has 5 heteroatoms. The van der Waals surface area contributed by atoms with E-state index in [-0.39, 0.29) is 10.6 Å². The fourth-order valence-corrected chi connectivity index (χ4v) is 3.43. The maximum Gasteiger partial charge on any atom is 0.272 e. The van der Waals surface area contributed by atoms with E-state index < -0.39 is 0 Å². The van der Waals surface area contributed by atoms with Crippen molar-refractivity contribution in [3.05, 3.63) is 69.4 Å². The summed E-state index contributed by atoms with van der Waals surface area (Å²) in [6.07, 6.45) is 0.958.